The van der Waals surface area contributed by atoms with Crippen LogP contribution in [0.5, 0.6) is 0 Å². The lowest BCUT2D eigenvalue weighted by molar-refractivity contribution is 0.327. The number of hydrogen-bond acceptors (Lipinski definition) is 1. The van der Waals surface area contributed by atoms with Crippen LogP contribution in [-0.2, 0) is 0 Å². The van der Waals surface area contributed by atoms with E-state index in [0.29, 0.717) is 0 Å². The highest BCUT2D eigenvalue weighted by atomic mass is 35.5. The van der Waals surface area contributed by atoms with E-state index in [9.17, 15) is 0 Å². The van der Waals surface area contributed by atoms with Crippen LogP contribution >= 0.6 is 11.6 Å². The topological polar surface area (TPSA) is 26.0 Å². The van der Waals surface area contributed by atoms with Gasteiger partial charge < -0.3 is 5.73 Å². The highest BCUT2D eigenvalue weighted by molar-refractivity contribution is 6.31. The van der Waals surface area contributed by atoms with Crippen molar-refractivity contribution >= 4 is 11.6 Å². The van der Waals surface area contributed by atoms with Crippen LogP contribution in [0.25, 0.3) is 0 Å². The summed E-state index contributed by atoms with van der Waals surface area (Å²) in [6.45, 7) is 6.34. The first-order valence-corrected chi connectivity index (χ1v) is 4.80. The third kappa shape index (κ3) is 2.45. The van der Waals surface area contributed by atoms with Gasteiger partial charge in [0.2, 0.25) is 0 Å². The largest absolute Gasteiger partial charge is 0.323 e. The Hall–Kier alpha value is -0.530. The molecule has 0 aliphatic rings. The Balaban J connectivity index is 3.02. The number of nitrogens with two attached hydrogens (primary N) is 1. The van der Waals surface area contributed by atoms with Gasteiger partial charge in [0.15, 0.2) is 0 Å². The lowest BCUT2D eigenvalue weighted by Crippen LogP contribution is -2.26. The molecule has 0 aliphatic heterocycles. The Morgan fingerprint density at radius 1 is 1.23 bits per heavy atom. The fourth-order valence-electron chi connectivity index (χ4n) is 1.19. The van der Waals surface area contributed by atoms with E-state index in [0.717, 1.165) is 10.6 Å². The van der Waals surface area contributed by atoms with Crippen LogP contribution < -0.4 is 5.73 Å². The zero-order valence-corrected chi connectivity index (χ0v) is 9.10. The van der Waals surface area contributed by atoms with Gasteiger partial charge in [-0.05, 0) is 17.0 Å². The first-order valence-electron chi connectivity index (χ1n) is 4.43. The van der Waals surface area contributed by atoms with E-state index in [-0.39, 0.29) is 11.5 Å². The van der Waals surface area contributed by atoms with E-state index < -0.39 is 0 Å². The molecule has 1 atom stereocenters. The molecule has 1 aromatic rings. The van der Waals surface area contributed by atoms with Gasteiger partial charge in [0.05, 0.1) is 0 Å². The summed E-state index contributed by atoms with van der Waals surface area (Å²) in [6.07, 6.45) is 0. The van der Waals surface area contributed by atoms with Crippen LogP contribution in [0.2, 0.25) is 5.02 Å². The van der Waals surface area contributed by atoms with E-state index in [4.69, 9.17) is 17.3 Å². The van der Waals surface area contributed by atoms with Crippen LogP contribution in [0.3, 0.4) is 0 Å². The van der Waals surface area contributed by atoms with E-state index in [1.807, 2.05) is 24.3 Å². The number of hydrogen-bond donors (Lipinski definition) is 1. The van der Waals surface area contributed by atoms with Crippen molar-refractivity contribution in [2.24, 2.45) is 11.1 Å². The van der Waals surface area contributed by atoms with Crippen molar-refractivity contribution in [1.29, 1.82) is 0 Å². The molecule has 1 aromatic carbocycles. The molecule has 0 saturated heterocycles. The maximum Gasteiger partial charge on any atom is 0.0453 e. The molecule has 0 unspecified atom stereocenters. The SMILES string of the molecule is CC(C)(C)[C@@H](N)c1ccccc1Cl. The third-order valence-corrected chi connectivity index (χ3v) is 2.52. The Morgan fingerprint density at radius 2 is 1.77 bits per heavy atom. The summed E-state index contributed by atoms with van der Waals surface area (Å²) < 4.78 is 0. The molecule has 1 nitrogen and oxygen atoms in total. The molecule has 0 fully saturated rings. The number of rotatable bonds is 1. The van der Waals surface area contributed by atoms with Crippen molar-refractivity contribution in [3.8, 4) is 0 Å². The smallest absolute Gasteiger partial charge is 0.0453 e. The van der Waals surface area contributed by atoms with Gasteiger partial charge >= 0.3 is 0 Å². The van der Waals surface area contributed by atoms with Gasteiger partial charge in [-0.25, -0.2) is 0 Å². The molecule has 1 rings (SSSR count). The summed E-state index contributed by atoms with van der Waals surface area (Å²) >= 11 is 6.05. The molecule has 0 spiro atoms. The second-order valence-corrected chi connectivity index (χ2v) is 4.77. The molecular weight excluding hydrogens is 182 g/mol. The van der Waals surface area contributed by atoms with Crippen molar-refractivity contribution in [3.63, 3.8) is 0 Å². The molecule has 0 heterocycles. The average Bonchev–Trinajstić information content (AvgIpc) is 2.02. The quantitative estimate of drug-likeness (QED) is 0.734. The summed E-state index contributed by atoms with van der Waals surface area (Å²) in [7, 11) is 0. The molecule has 0 aromatic heterocycles. The number of halogens is 1. The molecule has 0 bridgehead atoms. The second-order valence-electron chi connectivity index (χ2n) is 4.37. The molecule has 0 amide bonds. The molecule has 2 heteroatoms. The minimum absolute atomic E-state index is 0.0128. The molecule has 0 aliphatic carbocycles. The van der Waals surface area contributed by atoms with Gasteiger partial charge in [-0.2, -0.15) is 0 Å². The maximum absolute atomic E-state index is 6.09. The normalized spacial score (nSPS) is 14.2. The molecule has 0 saturated carbocycles. The Kier molecular flexibility index (Phi) is 2.99. The van der Waals surface area contributed by atoms with Crippen molar-refractivity contribution in [1.82, 2.24) is 0 Å². The number of benzene rings is 1. The molecule has 13 heavy (non-hydrogen) atoms. The fourth-order valence-corrected chi connectivity index (χ4v) is 1.45. The van der Waals surface area contributed by atoms with Gasteiger partial charge in [0.1, 0.15) is 0 Å². The van der Waals surface area contributed by atoms with Crippen molar-refractivity contribution in [2.45, 2.75) is 26.8 Å². The first kappa shape index (κ1) is 10.6. The molecule has 0 radical (unpaired) electrons. The van der Waals surface area contributed by atoms with Crippen LogP contribution in [0.15, 0.2) is 24.3 Å². The monoisotopic (exact) mass is 197 g/mol. The minimum Gasteiger partial charge on any atom is -0.323 e. The minimum atomic E-state index is -0.0128. The van der Waals surface area contributed by atoms with Crippen LogP contribution in [0, 0.1) is 5.41 Å². The first-order chi connectivity index (χ1) is 5.93. The van der Waals surface area contributed by atoms with Crippen LogP contribution in [0.4, 0.5) is 0 Å². The van der Waals surface area contributed by atoms with Gasteiger partial charge in [-0.1, -0.05) is 50.6 Å². The molecular formula is C11H16ClN. The van der Waals surface area contributed by atoms with E-state index in [2.05, 4.69) is 20.8 Å². The van der Waals surface area contributed by atoms with Gasteiger partial charge in [0, 0.05) is 11.1 Å². The molecule has 2 N–H and O–H groups in total. The van der Waals surface area contributed by atoms with Crippen molar-refractivity contribution in [2.75, 3.05) is 0 Å². The summed E-state index contributed by atoms with van der Waals surface area (Å²) in [4.78, 5) is 0. The average molecular weight is 198 g/mol. The van der Waals surface area contributed by atoms with Crippen LogP contribution in [-0.4, -0.2) is 0 Å². The molecule has 72 valence electrons. The van der Waals surface area contributed by atoms with E-state index in [1.165, 1.54) is 0 Å². The predicted molar refractivity (Wildman–Crippen MR) is 57.8 cm³/mol. The highest BCUT2D eigenvalue weighted by Crippen LogP contribution is 2.33. The standard InChI is InChI=1S/C11H16ClN/c1-11(2,3)10(13)8-6-4-5-7-9(8)12/h4-7,10H,13H2,1-3H3/t10-/m0/s1. The third-order valence-electron chi connectivity index (χ3n) is 2.17. The van der Waals surface area contributed by atoms with Gasteiger partial charge in [-0.15, -0.1) is 0 Å². The van der Waals surface area contributed by atoms with Crippen molar-refractivity contribution in [3.05, 3.63) is 34.9 Å². The van der Waals surface area contributed by atoms with Crippen molar-refractivity contribution < 1.29 is 0 Å². The Labute approximate surface area is 84.9 Å². The summed E-state index contributed by atoms with van der Waals surface area (Å²) in [6, 6.07) is 7.73. The predicted octanol–water partition coefficient (Wildman–Crippen LogP) is 3.39. The van der Waals surface area contributed by atoms with E-state index in [1.54, 1.807) is 0 Å². The highest BCUT2D eigenvalue weighted by Gasteiger charge is 2.23. The lowest BCUT2D eigenvalue weighted by atomic mass is 9.83. The Bertz CT molecular complexity index is 288. The van der Waals surface area contributed by atoms with Gasteiger partial charge in [0.25, 0.3) is 0 Å². The zero-order valence-electron chi connectivity index (χ0n) is 8.34. The summed E-state index contributed by atoms with van der Waals surface area (Å²) in [5.74, 6) is 0. The maximum atomic E-state index is 6.09. The Morgan fingerprint density at radius 3 is 2.23 bits per heavy atom. The second kappa shape index (κ2) is 3.69. The zero-order chi connectivity index (χ0) is 10.1. The van der Waals surface area contributed by atoms with E-state index >= 15 is 0 Å². The summed E-state index contributed by atoms with van der Waals surface area (Å²) in [5, 5.41) is 0.755. The van der Waals surface area contributed by atoms with Crippen LogP contribution in [0.1, 0.15) is 32.4 Å². The lowest BCUT2D eigenvalue weighted by Gasteiger charge is -2.28. The fraction of sp³-hybridized carbons (Fsp3) is 0.455. The van der Waals surface area contributed by atoms with Gasteiger partial charge in [-0.3, -0.25) is 0 Å². The summed E-state index contributed by atoms with van der Waals surface area (Å²) in [5.41, 5.74) is 7.16.